The number of hydrogen-bond donors (Lipinski definition) is 2. The van der Waals surface area contributed by atoms with Crippen molar-refractivity contribution < 1.29 is 14.3 Å². The van der Waals surface area contributed by atoms with Gasteiger partial charge in [0.25, 0.3) is 5.91 Å². The molecule has 6 nitrogen and oxygen atoms in total. The third-order valence-electron chi connectivity index (χ3n) is 4.38. The summed E-state index contributed by atoms with van der Waals surface area (Å²) in [5.41, 5.74) is -0.518. The molecule has 7 heteroatoms. The zero-order chi connectivity index (χ0) is 17.9. The van der Waals surface area contributed by atoms with E-state index in [1.807, 2.05) is 0 Å². The first-order valence-electron chi connectivity index (χ1n) is 8.07. The summed E-state index contributed by atoms with van der Waals surface area (Å²) >= 11 is 6.08. The van der Waals surface area contributed by atoms with E-state index in [1.165, 1.54) is 19.0 Å². The Kier molecular flexibility index (Phi) is 5.70. The first-order chi connectivity index (χ1) is 11.2. The smallest absolute Gasteiger partial charge is 0.270 e. The molecule has 24 heavy (non-hydrogen) atoms. The lowest BCUT2D eigenvalue weighted by atomic mass is 9.88. The van der Waals surface area contributed by atoms with Crippen LogP contribution < -0.4 is 15.4 Å². The molecule has 0 unspecified atom stereocenters. The molecule has 0 radical (unpaired) electrons. The van der Waals surface area contributed by atoms with Gasteiger partial charge in [0.05, 0.1) is 18.7 Å². The molecule has 1 aromatic rings. The van der Waals surface area contributed by atoms with Gasteiger partial charge < -0.3 is 15.4 Å². The molecule has 132 valence electrons. The zero-order valence-electron chi connectivity index (χ0n) is 14.5. The number of carbonyl (C=O) groups excluding carboxylic acids is 2. The summed E-state index contributed by atoms with van der Waals surface area (Å²) in [7, 11) is 1.57. The van der Waals surface area contributed by atoms with Crippen LogP contribution in [0.1, 0.15) is 44.1 Å². The molecule has 1 aromatic heterocycles. The summed E-state index contributed by atoms with van der Waals surface area (Å²) in [5.74, 6) is 0.130. The van der Waals surface area contributed by atoms with Crippen LogP contribution in [0.3, 0.4) is 0 Å². The van der Waals surface area contributed by atoms with Gasteiger partial charge in [0.2, 0.25) is 5.91 Å². The van der Waals surface area contributed by atoms with E-state index >= 15 is 0 Å². The SMILES string of the molecule is CNC(=O)[C@@H](C)C(C)(C)NC(=O)c1cc(OCC2CC2)c(Cl)cn1. The molecule has 1 atom stereocenters. The van der Waals surface area contributed by atoms with Gasteiger partial charge in [-0.05, 0) is 32.6 Å². The first kappa shape index (κ1) is 18.5. The summed E-state index contributed by atoms with van der Waals surface area (Å²) in [6.45, 7) is 5.96. The second kappa shape index (κ2) is 7.38. The van der Waals surface area contributed by atoms with Crippen molar-refractivity contribution in [3.8, 4) is 5.75 Å². The Morgan fingerprint density at radius 2 is 2.12 bits per heavy atom. The van der Waals surface area contributed by atoms with Crippen molar-refractivity contribution in [3.05, 3.63) is 23.0 Å². The van der Waals surface area contributed by atoms with Crippen molar-refractivity contribution in [2.24, 2.45) is 11.8 Å². The van der Waals surface area contributed by atoms with Crippen LogP contribution in [0.4, 0.5) is 0 Å². The van der Waals surface area contributed by atoms with E-state index in [0.29, 0.717) is 23.3 Å². The van der Waals surface area contributed by atoms with Gasteiger partial charge in [-0.25, -0.2) is 4.98 Å². The molecule has 0 bridgehead atoms. The highest BCUT2D eigenvalue weighted by Gasteiger charge is 2.33. The van der Waals surface area contributed by atoms with Crippen molar-refractivity contribution in [1.82, 2.24) is 15.6 Å². The number of carbonyl (C=O) groups is 2. The molecule has 1 saturated carbocycles. The van der Waals surface area contributed by atoms with E-state index < -0.39 is 11.5 Å². The molecule has 2 N–H and O–H groups in total. The van der Waals surface area contributed by atoms with E-state index in [1.54, 1.807) is 33.9 Å². The maximum absolute atomic E-state index is 12.5. The topological polar surface area (TPSA) is 80.3 Å². The largest absolute Gasteiger partial charge is 0.492 e. The third kappa shape index (κ3) is 4.60. The van der Waals surface area contributed by atoms with Crippen LogP contribution in [0.15, 0.2) is 12.3 Å². The van der Waals surface area contributed by atoms with Gasteiger partial charge >= 0.3 is 0 Å². The Hall–Kier alpha value is -1.82. The Morgan fingerprint density at radius 1 is 1.46 bits per heavy atom. The number of aromatic nitrogens is 1. The molecule has 1 aliphatic rings. The molecule has 0 aliphatic heterocycles. The van der Waals surface area contributed by atoms with Crippen LogP contribution >= 0.6 is 11.6 Å². The second-order valence-electron chi connectivity index (χ2n) is 6.77. The molecule has 0 aromatic carbocycles. The van der Waals surface area contributed by atoms with E-state index in [2.05, 4.69) is 15.6 Å². The number of ether oxygens (including phenoxy) is 1. The summed E-state index contributed by atoms with van der Waals surface area (Å²) in [6, 6.07) is 1.54. The average Bonchev–Trinajstić information content (AvgIpc) is 3.36. The highest BCUT2D eigenvalue weighted by molar-refractivity contribution is 6.32. The van der Waals surface area contributed by atoms with Gasteiger partial charge in [0.15, 0.2) is 0 Å². The summed E-state index contributed by atoms with van der Waals surface area (Å²) < 4.78 is 5.67. The van der Waals surface area contributed by atoms with Crippen molar-refractivity contribution >= 4 is 23.4 Å². The number of amides is 2. The Labute approximate surface area is 147 Å². The molecule has 2 amide bonds. The average molecular weight is 354 g/mol. The van der Waals surface area contributed by atoms with Gasteiger partial charge in [-0.3, -0.25) is 9.59 Å². The number of hydrogen-bond acceptors (Lipinski definition) is 4. The third-order valence-corrected chi connectivity index (χ3v) is 4.67. The molecule has 2 rings (SSSR count). The number of halogens is 1. The molecule has 0 spiro atoms. The Balaban J connectivity index is 2.08. The van der Waals surface area contributed by atoms with Crippen molar-refractivity contribution in [1.29, 1.82) is 0 Å². The quantitative estimate of drug-likeness (QED) is 0.788. The lowest BCUT2D eigenvalue weighted by Crippen LogP contribution is -2.52. The minimum Gasteiger partial charge on any atom is -0.492 e. The molecular weight excluding hydrogens is 330 g/mol. The number of nitrogens with zero attached hydrogens (tertiary/aromatic N) is 1. The van der Waals surface area contributed by atoms with E-state index in [0.717, 1.165) is 0 Å². The minimum absolute atomic E-state index is 0.141. The minimum atomic E-state index is -0.729. The van der Waals surface area contributed by atoms with Gasteiger partial charge in [-0.1, -0.05) is 18.5 Å². The number of rotatable bonds is 7. The fourth-order valence-corrected chi connectivity index (χ4v) is 2.31. The van der Waals surface area contributed by atoms with E-state index in [4.69, 9.17) is 16.3 Å². The van der Waals surface area contributed by atoms with Gasteiger partial charge in [0.1, 0.15) is 16.5 Å². The fourth-order valence-electron chi connectivity index (χ4n) is 2.16. The first-order valence-corrected chi connectivity index (χ1v) is 8.45. The maximum atomic E-state index is 12.5. The van der Waals surface area contributed by atoms with Gasteiger partial charge in [-0.15, -0.1) is 0 Å². The van der Waals surface area contributed by atoms with Crippen molar-refractivity contribution in [2.45, 2.75) is 39.2 Å². The van der Waals surface area contributed by atoms with E-state index in [9.17, 15) is 9.59 Å². The van der Waals surface area contributed by atoms with Crippen LogP contribution in [0.2, 0.25) is 5.02 Å². The lowest BCUT2D eigenvalue weighted by molar-refractivity contribution is -0.125. The molecule has 1 heterocycles. The zero-order valence-corrected chi connectivity index (χ0v) is 15.2. The second-order valence-corrected chi connectivity index (χ2v) is 7.17. The van der Waals surface area contributed by atoms with Crippen LogP contribution in [0, 0.1) is 11.8 Å². The van der Waals surface area contributed by atoms with Crippen molar-refractivity contribution in [3.63, 3.8) is 0 Å². The predicted molar refractivity (Wildman–Crippen MR) is 92.2 cm³/mol. The highest BCUT2D eigenvalue weighted by Crippen LogP contribution is 2.31. The number of pyridine rings is 1. The maximum Gasteiger partial charge on any atom is 0.270 e. The van der Waals surface area contributed by atoms with Crippen LogP contribution in [-0.2, 0) is 4.79 Å². The fraction of sp³-hybridized carbons (Fsp3) is 0.588. The van der Waals surface area contributed by atoms with Crippen LogP contribution in [-0.4, -0.2) is 36.0 Å². The molecule has 1 fully saturated rings. The molecular formula is C17H24ClN3O3. The van der Waals surface area contributed by atoms with Gasteiger partial charge in [0, 0.05) is 18.7 Å². The van der Waals surface area contributed by atoms with Crippen LogP contribution in [0.5, 0.6) is 5.75 Å². The lowest BCUT2D eigenvalue weighted by Gasteiger charge is -2.31. The Bertz CT molecular complexity index is 630. The van der Waals surface area contributed by atoms with Crippen molar-refractivity contribution in [2.75, 3.05) is 13.7 Å². The monoisotopic (exact) mass is 353 g/mol. The normalized spacial score (nSPS) is 15.5. The molecule has 1 aliphatic carbocycles. The summed E-state index contributed by atoms with van der Waals surface area (Å²) in [4.78, 5) is 28.4. The van der Waals surface area contributed by atoms with Crippen LogP contribution in [0.25, 0.3) is 0 Å². The Morgan fingerprint density at radius 3 is 2.71 bits per heavy atom. The summed E-state index contributed by atoms with van der Waals surface area (Å²) in [6.07, 6.45) is 3.75. The van der Waals surface area contributed by atoms with E-state index in [-0.39, 0.29) is 17.5 Å². The summed E-state index contributed by atoms with van der Waals surface area (Å²) in [5, 5.41) is 5.82. The standard InChI is InChI=1S/C17H24ClN3O3/c1-10(15(22)19-4)17(2,3)21-16(23)13-7-14(12(18)8-20-13)24-9-11-5-6-11/h7-8,10-11H,5-6,9H2,1-4H3,(H,19,22)(H,21,23)/t10-/m1/s1. The predicted octanol–water partition coefficient (Wildman–Crippen LogP) is 2.41. The molecule has 0 saturated heterocycles. The van der Waals surface area contributed by atoms with Gasteiger partial charge in [-0.2, -0.15) is 0 Å². The highest BCUT2D eigenvalue weighted by atomic mass is 35.5. The number of nitrogens with one attached hydrogen (secondary N) is 2.